The van der Waals surface area contributed by atoms with Gasteiger partial charge in [0.05, 0.1) is 23.5 Å². The lowest BCUT2D eigenvalue weighted by molar-refractivity contribution is 0.0515. The van der Waals surface area contributed by atoms with Crippen LogP contribution in [0.3, 0.4) is 0 Å². The molecule has 3 rings (SSSR count). The van der Waals surface area contributed by atoms with E-state index in [9.17, 15) is 4.79 Å². The normalized spacial score (nSPS) is 13.6. The number of nitrogens with zero attached hydrogens (tertiary/aromatic N) is 2. The second-order valence-electron chi connectivity index (χ2n) is 4.80. The first-order valence-electron chi connectivity index (χ1n) is 6.63. The maximum Gasteiger partial charge on any atom is 0.356 e. The summed E-state index contributed by atoms with van der Waals surface area (Å²) in [4.78, 5) is 12.1. The average Bonchev–Trinajstić information content (AvgIpc) is 2.89. The van der Waals surface area contributed by atoms with E-state index < -0.39 is 5.97 Å². The van der Waals surface area contributed by atoms with E-state index in [-0.39, 0.29) is 0 Å². The summed E-state index contributed by atoms with van der Waals surface area (Å²) in [6, 6.07) is 0. The van der Waals surface area contributed by atoms with Crippen LogP contribution in [-0.2, 0) is 24.6 Å². The quantitative estimate of drug-likeness (QED) is 0.799. The van der Waals surface area contributed by atoms with E-state index in [0.29, 0.717) is 23.1 Å². The van der Waals surface area contributed by atoms with Gasteiger partial charge in [0.15, 0.2) is 5.76 Å². The number of rotatable bonds is 2. The Labute approximate surface area is 121 Å². The molecule has 2 aromatic heterocycles. The Morgan fingerprint density at radius 3 is 3.10 bits per heavy atom. The summed E-state index contributed by atoms with van der Waals surface area (Å²) in [6.45, 7) is 2.09. The van der Waals surface area contributed by atoms with Crippen LogP contribution in [0.1, 0.15) is 35.0 Å². The zero-order valence-electron chi connectivity index (χ0n) is 11.4. The molecule has 6 heteroatoms. The first-order chi connectivity index (χ1) is 9.65. The fraction of sp³-hybridized carbons (Fsp3) is 0.429. The Bertz CT molecular complexity index is 672. The summed E-state index contributed by atoms with van der Waals surface area (Å²) < 4.78 is 12.2. The summed E-state index contributed by atoms with van der Waals surface area (Å²) in [5, 5.41) is 4.32. The molecule has 5 nitrogen and oxygen atoms in total. The molecule has 0 bridgehead atoms. The standard InChI is InChI=1S/C14H15ClN2O3/c1-3-19-14(18)12-10(15)9-6-4-5-8-7-16-20-13(8)11(9)17(12)2/h7H,3-6H2,1-2H3. The minimum Gasteiger partial charge on any atom is -0.461 e. The van der Waals surface area contributed by atoms with Gasteiger partial charge < -0.3 is 13.8 Å². The van der Waals surface area contributed by atoms with Crippen molar-refractivity contribution >= 4 is 17.6 Å². The topological polar surface area (TPSA) is 57.3 Å². The second kappa shape index (κ2) is 4.98. The van der Waals surface area contributed by atoms with E-state index in [1.54, 1.807) is 24.7 Å². The number of fused-ring (bicyclic) bond motifs is 3. The van der Waals surface area contributed by atoms with Crippen molar-refractivity contribution < 1.29 is 14.1 Å². The van der Waals surface area contributed by atoms with Crippen molar-refractivity contribution in [3.05, 3.63) is 28.0 Å². The van der Waals surface area contributed by atoms with Gasteiger partial charge in [-0.2, -0.15) is 0 Å². The van der Waals surface area contributed by atoms with Gasteiger partial charge in [0.1, 0.15) is 5.69 Å². The monoisotopic (exact) mass is 294 g/mol. The number of aryl methyl sites for hydroxylation is 1. The molecule has 0 fully saturated rings. The Hall–Kier alpha value is -1.75. The summed E-state index contributed by atoms with van der Waals surface area (Å²) in [6.07, 6.45) is 4.40. The van der Waals surface area contributed by atoms with Crippen LogP contribution in [0.2, 0.25) is 5.02 Å². The lowest BCUT2D eigenvalue weighted by Gasteiger charge is -2.06. The second-order valence-corrected chi connectivity index (χ2v) is 5.18. The zero-order valence-corrected chi connectivity index (χ0v) is 12.2. The Kier molecular flexibility index (Phi) is 3.30. The van der Waals surface area contributed by atoms with E-state index >= 15 is 0 Å². The van der Waals surface area contributed by atoms with Gasteiger partial charge in [-0.15, -0.1) is 0 Å². The average molecular weight is 295 g/mol. The van der Waals surface area contributed by atoms with Crippen LogP contribution in [0.4, 0.5) is 0 Å². The van der Waals surface area contributed by atoms with Crippen LogP contribution in [0.25, 0.3) is 11.5 Å². The van der Waals surface area contributed by atoms with Crippen LogP contribution >= 0.6 is 11.6 Å². The number of hydrogen-bond donors (Lipinski definition) is 0. The van der Waals surface area contributed by atoms with E-state index in [0.717, 1.165) is 36.1 Å². The van der Waals surface area contributed by atoms with Crippen molar-refractivity contribution in [1.29, 1.82) is 0 Å². The molecule has 20 heavy (non-hydrogen) atoms. The maximum atomic E-state index is 12.1. The molecule has 0 aliphatic heterocycles. The van der Waals surface area contributed by atoms with Crippen molar-refractivity contribution in [2.45, 2.75) is 26.2 Å². The van der Waals surface area contributed by atoms with Gasteiger partial charge >= 0.3 is 5.97 Å². The molecular weight excluding hydrogens is 280 g/mol. The highest BCUT2D eigenvalue weighted by Gasteiger charge is 2.30. The number of ether oxygens (including phenoxy) is 1. The lowest BCUT2D eigenvalue weighted by atomic mass is 10.1. The smallest absolute Gasteiger partial charge is 0.356 e. The van der Waals surface area contributed by atoms with Gasteiger partial charge in [0.2, 0.25) is 0 Å². The molecule has 0 atom stereocenters. The zero-order chi connectivity index (χ0) is 14.3. The van der Waals surface area contributed by atoms with Crippen LogP contribution < -0.4 is 0 Å². The van der Waals surface area contributed by atoms with Gasteiger partial charge in [-0.3, -0.25) is 0 Å². The van der Waals surface area contributed by atoms with Gasteiger partial charge in [-0.25, -0.2) is 4.79 Å². The fourth-order valence-electron chi connectivity index (χ4n) is 2.74. The number of carbonyl (C=O) groups excluding carboxylic acids is 1. The number of aromatic nitrogens is 2. The van der Waals surface area contributed by atoms with Crippen molar-refractivity contribution in [3.8, 4) is 11.5 Å². The van der Waals surface area contributed by atoms with Crippen molar-refractivity contribution in [2.24, 2.45) is 7.05 Å². The van der Waals surface area contributed by atoms with E-state index in [4.69, 9.17) is 20.9 Å². The van der Waals surface area contributed by atoms with E-state index in [1.807, 2.05) is 0 Å². The maximum absolute atomic E-state index is 12.1. The summed E-state index contributed by atoms with van der Waals surface area (Å²) in [5.41, 5.74) is 3.20. The minimum atomic E-state index is -0.408. The third-order valence-electron chi connectivity index (χ3n) is 3.63. The van der Waals surface area contributed by atoms with Gasteiger partial charge in [-0.05, 0) is 26.2 Å². The first-order valence-corrected chi connectivity index (χ1v) is 7.01. The molecule has 1 aliphatic carbocycles. The molecule has 0 spiro atoms. The Balaban J connectivity index is 2.22. The van der Waals surface area contributed by atoms with Crippen LogP contribution in [0.15, 0.2) is 10.7 Å². The van der Waals surface area contributed by atoms with Crippen molar-refractivity contribution in [2.75, 3.05) is 6.61 Å². The molecular formula is C14H15ClN2O3. The van der Waals surface area contributed by atoms with E-state index in [2.05, 4.69) is 5.16 Å². The number of hydrogen-bond acceptors (Lipinski definition) is 4. The highest BCUT2D eigenvalue weighted by Crippen LogP contribution is 2.39. The molecule has 0 unspecified atom stereocenters. The molecule has 0 N–H and O–H groups in total. The summed E-state index contributed by atoms with van der Waals surface area (Å²) >= 11 is 6.40. The Morgan fingerprint density at radius 1 is 1.55 bits per heavy atom. The molecule has 1 aliphatic rings. The number of carbonyl (C=O) groups is 1. The summed E-state index contributed by atoms with van der Waals surface area (Å²) in [5.74, 6) is 0.298. The van der Waals surface area contributed by atoms with Crippen LogP contribution in [0.5, 0.6) is 0 Å². The predicted octanol–water partition coefficient (Wildman–Crippen LogP) is 3.00. The lowest BCUT2D eigenvalue weighted by Crippen LogP contribution is -2.11. The molecule has 0 saturated heterocycles. The number of esters is 1. The van der Waals surface area contributed by atoms with Gasteiger partial charge in [-0.1, -0.05) is 16.8 Å². The minimum absolute atomic E-state index is 0.318. The molecule has 2 aromatic rings. The third-order valence-corrected chi connectivity index (χ3v) is 4.04. The highest BCUT2D eigenvalue weighted by molar-refractivity contribution is 6.34. The predicted molar refractivity (Wildman–Crippen MR) is 73.9 cm³/mol. The van der Waals surface area contributed by atoms with E-state index in [1.165, 1.54) is 0 Å². The SMILES string of the molecule is CCOC(=O)c1c(Cl)c2c(n1C)-c1oncc1CCC2. The highest BCUT2D eigenvalue weighted by atomic mass is 35.5. The van der Waals surface area contributed by atoms with Crippen LogP contribution in [0, 0.1) is 0 Å². The molecule has 0 radical (unpaired) electrons. The molecule has 2 heterocycles. The van der Waals surface area contributed by atoms with Crippen molar-refractivity contribution in [1.82, 2.24) is 9.72 Å². The first kappa shape index (κ1) is 13.2. The van der Waals surface area contributed by atoms with Gasteiger partial charge in [0.25, 0.3) is 0 Å². The molecule has 0 saturated carbocycles. The van der Waals surface area contributed by atoms with Gasteiger partial charge in [0, 0.05) is 18.2 Å². The fourth-order valence-corrected chi connectivity index (χ4v) is 3.13. The molecule has 106 valence electrons. The molecule has 0 amide bonds. The largest absolute Gasteiger partial charge is 0.461 e. The van der Waals surface area contributed by atoms with Crippen LogP contribution in [-0.4, -0.2) is 22.3 Å². The Morgan fingerprint density at radius 2 is 2.35 bits per heavy atom. The number of halogens is 1. The molecule has 0 aromatic carbocycles. The van der Waals surface area contributed by atoms with Crippen molar-refractivity contribution in [3.63, 3.8) is 0 Å². The third kappa shape index (κ3) is 1.85. The summed E-state index contributed by atoms with van der Waals surface area (Å²) in [7, 11) is 1.80.